The highest BCUT2D eigenvalue weighted by Gasteiger charge is 2.22. The molecule has 3 aromatic carbocycles. The van der Waals surface area contributed by atoms with Crippen LogP contribution in [0.2, 0.25) is 0 Å². The average Bonchev–Trinajstić information content (AvgIpc) is 3.01. The molecule has 0 unspecified atom stereocenters. The van der Waals surface area contributed by atoms with Crippen molar-refractivity contribution in [2.24, 2.45) is 0 Å². The van der Waals surface area contributed by atoms with Gasteiger partial charge >= 0.3 is 0 Å². The molecule has 42 heavy (non-hydrogen) atoms. The topological polar surface area (TPSA) is 113 Å². The highest BCUT2D eigenvalue weighted by atomic mass is 35.5. The second-order valence-electron chi connectivity index (χ2n) is 10.4. The molecule has 0 fully saturated rings. The monoisotopic (exact) mass is 614 g/mol. The van der Waals surface area contributed by atoms with Crippen molar-refractivity contribution in [3.63, 3.8) is 0 Å². The molecule has 9 heteroatoms. The summed E-state index contributed by atoms with van der Waals surface area (Å²) in [4.78, 5) is 22.6. The molecular weight excluding hydrogens is 571 g/mol. The number of hydrogen-bond acceptors (Lipinski definition) is 5. The zero-order chi connectivity index (χ0) is 29.3. The van der Waals surface area contributed by atoms with E-state index >= 15 is 0 Å². The zero-order valence-corrected chi connectivity index (χ0v) is 25.9. The average molecular weight is 615 g/mol. The lowest BCUT2D eigenvalue weighted by Gasteiger charge is -2.22. The predicted molar refractivity (Wildman–Crippen MR) is 174 cm³/mol. The van der Waals surface area contributed by atoms with Crippen molar-refractivity contribution in [3.8, 4) is 0 Å². The van der Waals surface area contributed by atoms with Crippen LogP contribution in [0.3, 0.4) is 0 Å². The number of nitro groups is 1. The molecule has 0 heterocycles. The number of aliphatic hydroxyl groups excluding tert-OH is 2. The van der Waals surface area contributed by atoms with Crippen LogP contribution in [0.4, 0.5) is 5.69 Å². The lowest BCUT2D eigenvalue weighted by atomic mass is 10.0. The number of nitrogens with one attached hydrogen (secondary N) is 1. The smallest absolute Gasteiger partial charge is 0.269 e. The van der Waals surface area contributed by atoms with Gasteiger partial charge in [0, 0.05) is 18.6 Å². The first-order chi connectivity index (χ1) is 20.0. The molecule has 0 bridgehead atoms. The number of carbonyl (C=O) groups is 1. The predicted octanol–water partition coefficient (Wildman–Crippen LogP) is 6.56. The minimum Gasteiger partial charge on any atom is -0.394 e. The molecule has 0 spiro atoms. The summed E-state index contributed by atoms with van der Waals surface area (Å²) in [6.07, 6.45) is 10.6. The Morgan fingerprint density at radius 1 is 0.762 bits per heavy atom. The molecule has 3 rings (SSSR count). The van der Waals surface area contributed by atoms with Gasteiger partial charge in [0.2, 0.25) is 5.91 Å². The molecule has 0 saturated heterocycles. The molecule has 1 amide bonds. The lowest BCUT2D eigenvalue weighted by Crippen LogP contribution is -2.41. The van der Waals surface area contributed by atoms with E-state index in [4.69, 9.17) is 0 Å². The van der Waals surface area contributed by atoms with Crippen molar-refractivity contribution in [1.82, 2.24) is 5.32 Å². The van der Waals surface area contributed by atoms with E-state index in [9.17, 15) is 25.1 Å². The van der Waals surface area contributed by atoms with E-state index in [-0.39, 0.29) is 31.9 Å². The van der Waals surface area contributed by atoms with Crippen molar-refractivity contribution in [3.05, 3.63) is 101 Å². The second kappa shape index (κ2) is 20.1. The van der Waals surface area contributed by atoms with Crippen molar-refractivity contribution in [1.29, 1.82) is 0 Å². The van der Waals surface area contributed by atoms with Gasteiger partial charge in [0.05, 0.1) is 17.6 Å². The molecule has 0 radical (unpaired) electrons. The fourth-order valence-electron chi connectivity index (χ4n) is 4.94. The van der Waals surface area contributed by atoms with Crippen LogP contribution >= 0.6 is 20.3 Å². The number of non-ortho nitro benzene ring substituents is 1. The van der Waals surface area contributed by atoms with E-state index in [1.54, 1.807) is 0 Å². The van der Waals surface area contributed by atoms with Crippen LogP contribution in [-0.2, 0) is 4.79 Å². The summed E-state index contributed by atoms with van der Waals surface area (Å²) in [5, 5.41) is 36.5. The van der Waals surface area contributed by atoms with Gasteiger partial charge < -0.3 is 15.5 Å². The van der Waals surface area contributed by atoms with Crippen molar-refractivity contribution in [2.45, 2.75) is 76.4 Å². The van der Waals surface area contributed by atoms with Crippen LogP contribution in [0.15, 0.2) is 84.9 Å². The Morgan fingerprint density at radius 2 is 1.24 bits per heavy atom. The van der Waals surface area contributed by atoms with E-state index in [0.29, 0.717) is 12.0 Å². The Labute approximate surface area is 257 Å². The number of aliphatic hydroxyl groups is 2. The minimum atomic E-state index is -1.14. The van der Waals surface area contributed by atoms with Gasteiger partial charge in [-0.1, -0.05) is 106 Å². The third kappa shape index (κ3) is 12.2. The highest BCUT2D eigenvalue weighted by molar-refractivity contribution is 7.73. The summed E-state index contributed by atoms with van der Waals surface area (Å²) in [5.41, 5.74) is 0.324. The Balaban J connectivity index is 0.00000616. The summed E-state index contributed by atoms with van der Waals surface area (Å²) >= 11 is 0. The van der Waals surface area contributed by atoms with Crippen LogP contribution in [0.5, 0.6) is 0 Å². The van der Waals surface area contributed by atoms with Crippen molar-refractivity contribution < 1.29 is 19.9 Å². The Kier molecular flexibility index (Phi) is 17.0. The number of unbranched alkanes of at least 4 members (excludes halogenated alkanes) is 8. The maximum atomic E-state index is 12.3. The number of benzene rings is 3. The van der Waals surface area contributed by atoms with Crippen molar-refractivity contribution >= 4 is 42.5 Å². The first-order valence-corrected chi connectivity index (χ1v) is 16.2. The molecule has 0 aromatic heterocycles. The quantitative estimate of drug-likeness (QED) is 0.0612. The fourth-order valence-corrected chi connectivity index (χ4v) is 7.36. The van der Waals surface area contributed by atoms with Crippen LogP contribution in [0, 0.1) is 10.1 Å². The molecule has 228 valence electrons. The summed E-state index contributed by atoms with van der Waals surface area (Å²) < 4.78 is 0. The molecule has 3 aromatic rings. The first-order valence-electron chi connectivity index (χ1n) is 14.7. The summed E-state index contributed by atoms with van der Waals surface area (Å²) in [6.45, 7) is -0.427. The molecule has 0 saturated carbocycles. The van der Waals surface area contributed by atoms with E-state index in [0.717, 1.165) is 19.3 Å². The number of amides is 1. The summed E-state index contributed by atoms with van der Waals surface area (Å²) in [6, 6.07) is 26.4. The molecule has 3 N–H and O–H groups in total. The number of halogens is 1. The van der Waals surface area contributed by atoms with Gasteiger partial charge in [-0.2, -0.15) is 0 Å². The van der Waals surface area contributed by atoms with E-state index in [1.165, 1.54) is 79.6 Å². The van der Waals surface area contributed by atoms with Gasteiger partial charge in [-0.25, -0.2) is 0 Å². The van der Waals surface area contributed by atoms with Gasteiger partial charge in [0.15, 0.2) is 0 Å². The Hall–Kier alpha value is -2.83. The largest absolute Gasteiger partial charge is 0.394 e. The fraction of sp³-hybridized carbons (Fsp3) is 0.424. The number of rotatable bonds is 19. The lowest BCUT2D eigenvalue weighted by molar-refractivity contribution is -0.384. The Bertz CT molecular complexity index is 1130. The normalized spacial score (nSPS) is 12.4. The van der Waals surface area contributed by atoms with Gasteiger partial charge in [0.1, 0.15) is 6.10 Å². The zero-order valence-electron chi connectivity index (χ0n) is 24.1. The van der Waals surface area contributed by atoms with Crippen LogP contribution in [0.25, 0.3) is 0 Å². The number of hydrogen-bond donors (Lipinski definition) is 3. The summed E-state index contributed by atoms with van der Waals surface area (Å²) in [5.74, 6) is -0.212. The SMILES string of the molecule is Cl.O=C(CCCCCCCCCCCP(c1ccccc1)c1ccccc1)N[C@H](CO)[C@H](O)c1ccc([N+](=O)[O-])cc1. The third-order valence-corrected chi connectivity index (χ3v) is 9.90. The van der Waals surface area contributed by atoms with Gasteiger partial charge in [-0.05, 0) is 55.2 Å². The molecular formula is C33H44ClN2O5P. The summed E-state index contributed by atoms with van der Waals surface area (Å²) in [7, 11) is -0.300. The van der Waals surface area contributed by atoms with Crippen molar-refractivity contribution in [2.75, 3.05) is 12.8 Å². The van der Waals surface area contributed by atoms with E-state index in [2.05, 4.69) is 66.0 Å². The Morgan fingerprint density at radius 3 is 1.71 bits per heavy atom. The maximum Gasteiger partial charge on any atom is 0.269 e. The van der Waals surface area contributed by atoms with Crippen LogP contribution in [-0.4, -0.2) is 39.9 Å². The first kappa shape index (κ1) is 35.4. The van der Waals surface area contributed by atoms with Crippen LogP contribution < -0.4 is 15.9 Å². The number of carbonyl (C=O) groups excluding carboxylic acids is 1. The number of nitrogens with zero attached hydrogens (tertiary/aromatic N) is 1. The van der Waals surface area contributed by atoms with E-state index < -0.39 is 23.7 Å². The second-order valence-corrected chi connectivity index (χ2v) is 12.7. The standard InChI is InChI=1S/C33H43N2O5P.ClH/c36-26-31(33(38)27-21-23-28(24-22-27)35(39)40)34-32(37)20-14-6-4-2-1-3-5-7-15-25-41(29-16-10-8-11-17-29)30-18-12-9-13-19-30;/h8-13,16-19,21-24,31,33,36,38H,1-7,14-15,20,25-26H2,(H,34,37);1H/t31-,33-;/m1./s1. The molecule has 0 aliphatic heterocycles. The molecule has 0 aliphatic carbocycles. The number of nitro benzene ring substituents is 1. The highest BCUT2D eigenvalue weighted by Crippen LogP contribution is 2.34. The van der Waals surface area contributed by atoms with E-state index in [1.807, 2.05) is 0 Å². The molecule has 7 nitrogen and oxygen atoms in total. The van der Waals surface area contributed by atoms with Gasteiger partial charge in [-0.3, -0.25) is 14.9 Å². The third-order valence-electron chi connectivity index (χ3n) is 7.29. The van der Waals surface area contributed by atoms with Crippen LogP contribution in [0.1, 0.15) is 75.9 Å². The maximum absolute atomic E-state index is 12.3. The molecule has 0 aliphatic rings. The van der Waals surface area contributed by atoms with Gasteiger partial charge in [-0.15, -0.1) is 12.4 Å². The van der Waals surface area contributed by atoms with Gasteiger partial charge in [0.25, 0.3) is 5.69 Å². The molecule has 2 atom stereocenters. The minimum absolute atomic E-state index is 0.